The molecule has 0 aliphatic carbocycles. The van der Waals surface area contributed by atoms with Gasteiger partial charge < -0.3 is 14.6 Å². The highest BCUT2D eigenvalue weighted by Gasteiger charge is 2.23. The average molecular weight is 134 g/mol. The number of hydrogen-bond donors (Lipinski definition) is 1. The van der Waals surface area contributed by atoms with Gasteiger partial charge in [0.2, 0.25) is 0 Å². The van der Waals surface area contributed by atoms with Crippen molar-refractivity contribution in [2.75, 3.05) is 13.7 Å². The summed E-state index contributed by atoms with van der Waals surface area (Å²) in [4.78, 5) is 0. The van der Waals surface area contributed by atoms with Crippen LogP contribution in [0.3, 0.4) is 0 Å². The summed E-state index contributed by atoms with van der Waals surface area (Å²) in [5, 5.41) is 9.18. The van der Waals surface area contributed by atoms with Crippen LogP contribution in [0.4, 0.5) is 0 Å². The van der Waals surface area contributed by atoms with E-state index in [4.69, 9.17) is 4.74 Å². The van der Waals surface area contributed by atoms with Gasteiger partial charge in [0, 0.05) is 20.1 Å². The van der Waals surface area contributed by atoms with E-state index in [1.54, 1.807) is 13.8 Å². The second-order valence-electron chi connectivity index (χ2n) is 1.70. The van der Waals surface area contributed by atoms with Gasteiger partial charge in [0.05, 0.1) is 0 Å². The van der Waals surface area contributed by atoms with Gasteiger partial charge in [-0.2, -0.15) is 0 Å². The molecule has 56 valence electrons. The Labute approximate surface area is 55.6 Å². The van der Waals surface area contributed by atoms with Crippen LogP contribution in [0.2, 0.25) is 0 Å². The predicted octanol–water partition coefficient (Wildman–Crippen LogP) is 0.725. The molecule has 0 rings (SSSR count). The maximum atomic E-state index is 9.18. The third kappa shape index (κ3) is 2.79. The largest absolute Gasteiger partial charge is 0.343 e. The second-order valence-corrected chi connectivity index (χ2v) is 1.70. The molecule has 0 amide bonds. The summed E-state index contributed by atoms with van der Waals surface area (Å²) in [6.45, 7) is 4.05. The molecule has 0 saturated heterocycles. The minimum absolute atomic E-state index is 0.442. The Morgan fingerprint density at radius 3 is 2.11 bits per heavy atom. The Morgan fingerprint density at radius 1 is 1.44 bits per heavy atom. The summed E-state index contributed by atoms with van der Waals surface area (Å²) in [7, 11) is 1.42. The van der Waals surface area contributed by atoms with Crippen LogP contribution in [-0.4, -0.2) is 24.8 Å². The molecule has 0 heterocycles. The van der Waals surface area contributed by atoms with Crippen LogP contribution in [-0.2, 0) is 9.47 Å². The highest BCUT2D eigenvalue weighted by molar-refractivity contribution is 4.46. The van der Waals surface area contributed by atoms with E-state index in [1.165, 1.54) is 7.11 Å². The smallest absolute Gasteiger partial charge is 0.279 e. The highest BCUT2D eigenvalue weighted by Crippen LogP contribution is 2.11. The zero-order chi connectivity index (χ0) is 7.33. The van der Waals surface area contributed by atoms with E-state index < -0.39 is 5.97 Å². The Morgan fingerprint density at radius 2 is 2.00 bits per heavy atom. The minimum Gasteiger partial charge on any atom is -0.343 e. The third-order valence-corrected chi connectivity index (χ3v) is 1.14. The van der Waals surface area contributed by atoms with Crippen molar-refractivity contribution < 1.29 is 14.6 Å². The first-order valence-electron chi connectivity index (χ1n) is 3.10. The van der Waals surface area contributed by atoms with Crippen molar-refractivity contribution >= 4 is 0 Å². The summed E-state index contributed by atoms with van der Waals surface area (Å²) >= 11 is 0. The van der Waals surface area contributed by atoms with Crippen LogP contribution in [0.5, 0.6) is 0 Å². The topological polar surface area (TPSA) is 38.7 Å². The average Bonchev–Trinajstić information content (AvgIpc) is 1.89. The number of hydrogen-bond acceptors (Lipinski definition) is 3. The zero-order valence-corrected chi connectivity index (χ0v) is 6.18. The van der Waals surface area contributed by atoms with Gasteiger partial charge in [0.25, 0.3) is 5.97 Å². The Hall–Kier alpha value is -0.120. The predicted molar refractivity (Wildman–Crippen MR) is 33.9 cm³/mol. The molecule has 0 aliphatic heterocycles. The van der Waals surface area contributed by atoms with Crippen molar-refractivity contribution in [1.29, 1.82) is 0 Å². The summed E-state index contributed by atoms with van der Waals surface area (Å²) in [6.07, 6.45) is 0.442. The van der Waals surface area contributed by atoms with E-state index in [0.717, 1.165) is 0 Å². The normalized spacial score (nSPS) is 17.3. The van der Waals surface area contributed by atoms with Gasteiger partial charge in [-0.1, -0.05) is 6.92 Å². The SMILES string of the molecule is CCOC(O)(CC)OC. The van der Waals surface area contributed by atoms with Crippen LogP contribution >= 0.6 is 0 Å². The van der Waals surface area contributed by atoms with Crippen molar-refractivity contribution in [3.63, 3.8) is 0 Å². The monoisotopic (exact) mass is 134 g/mol. The molecule has 0 aromatic heterocycles. The molecule has 9 heavy (non-hydrogen) atoms. The first-order chi connectivity index (χ1) is 4.18. The molecular weight excluding hydrogens is 120 g/mol. The quantitative estimate of drug-likeness (QED) is 0.576. The number of methoxy groups -OCH3 is 1. The van der Waals surface area contributed by atoms with E-state index in [-0.39, 0.29) is 0 Å². The summed E-state index contributed by atoms with van der Waals surface area (Å²) < 4.78 is 9.52. The third-order valence-electron chi connectivity index (χ3n) is 1.14. The lowest BCUT2D eigenvalue weighted by molar-refractivity contribution is -0.349. The van der Waals surface area contributed by atoms with Crippen LogP contribution in [0.25, 0.3) is 0 Å². The standard InChI is InChI=1S/C6H14O3/c1-4-6(7,8-3)9-5-2/h7H,4-5H2,1-3H3. The zero-order valence-electron chi connectivity index (χ0n) is 6.18. The molecule has 1 atom stereocenters. The van der Waals surface area contributed by atoms with Gasteiger partial charge in [-0.25, -0.2) is 0 Å². The van der Waals surface area contributed by atoms with E-state index in [2.05, 4.69) is 4.74 Å². The van der Waals surface area contributed by atoms with Gasteiger partial charge in [-0.15, -0.1) is 0 Å². The molecule has 0 aliphatic rings. The minimum atomic E-state index is -1.37. The molecule has 1 unspecified atom stereocenters. The van der Waals surface area contributed by atoms with Gasteiger partial charge in [0.15, 0.2) is 0 Å². The van der Waals surface area contributed by atoms with Crippen LogP contribution in [0.15, 0.2) is 0 Å². The lowest BCUT2D eigenvalue weighted by Crippen LogP contribution is -2.33. The fourth-order valence-electron chi connectivity index (χ4n) is 0.531. The fourth-order valence-corrected chi connectivity index (χ4v) is 0.531. The molecule has 0 bridgehead atoms. The van der Waals surface area contributed by atoms with E-state index in [9.17, 15) is 5.11 Å². The number of ether oxygens (including phenoxy) is 2. The fraction of sp³-hybridized carbons (Fsp3) is 1.00. The summed E-state index contributed by atoms with van der Waals surface area (Å²) in [5.41, 5.74) is 0. The highest BCUT2D eigenvalue weighted by atomic mass is 16.8. The van der Waals surface area contributed by atoms with Crippen LogP contribution in [0.1, 0.15) is 20.3 Å². The Bertz CT molecular complexity index is 68.7. The van der Waals surface area contributed by atoms with Crippen molar-refractivity contribution in [3.8, 4) is 0 Å². The van der Waals surface area contributed by atoms with Crippen LogP contribution < -0.4 is 0 Å². The number of aliphatic hydroxyl groups is 1. The van der Waals surface area contributed by atoms with Gasteiger partial charge in [-0.05, 0) is 6.92 Å². The molecule has 1 N–H and O–H groups in total. The first-order valence-corrected chi connectivity index (χ1v) is 3.10. The molecule has 3 nitrogen and oxygen atoms in total. The summed E-state index contributed by atoms with van der Waals surface area (Å²) in [6, 6.07) is 0. The molecule has 0 fully saturated rings. The van der Waals surface area contributed by atoms with Crippen molar-refractivity contribution in [1.82, 2.24) is 0 Å². The maximum Gasteiger partial charge on any atom is 0.279 e. The Balaban J connectivity index is 3.62. The summed E-state index contributed by atoms with van der Waals surface area (Å²) in [5.74, 6) is -1.37. The van der Waals surface area contributed by atoms with E-state index >= 15 is 0 Å². The van der Waals surface area contributed by atoms with Crippen molar-refractivity contribution in [3.05, 3.63) is 0 Å². The van der Waals surface area contributed by atoms with Gasteiger partial charge in [0.1, 0.15) is 0 Å². The first kappa shape index (κ1) is 8.88. The Kier molecular flexibility index (Phi) is 3.77. The molecule has 0 aromatic carbocycles. The maximum absolute atomic E-state index is 9.18. The van der Waals surface area contributed by atoms with Crippen molar-refractivity contribution in [2.45, 2.75) is 26.2 Å². The molecule has 0 saturated carbocycles. The lowest BCUT2D eigenvalue weighted by atomic mass is 10.4. The molecule has 3 heteroatoms. The molecule has 0 radical (unpaired) electrons. The van der Waals surface area contributed by atoms with E-state index in [0.29, 0.717) is 13.0 Å². The molecular formula is C6H14O3. The van der Waals surface area contributed by atoms with E-state index in [1.807, 2.05) is 0 Å². The van der Waals surface area contributed by atoms with Crippen molar-refractivity contribution in [2.24, 2.45) is 0 Å². The lowest BCUT2D eigenvalue weighted by Gasteiger charge is -2.23. The second kappa shape index (κ2) is 3.82. The molecule has 0 spiro atoms. The van der Waals surface area contributed by atoms with Crippen LogP contribution in [0, 0.1) is 0 Å². The van der Waals surface area contributed by atoms with Gasteiger partial charge >= 0.3 is 0 Å². The number of rotatable bonds is 4. The molecule has 0 aromatic rings. The van der Waals surface area contributed by atoms with Gasteiger partial charge in [-0.3, -0.25) is 0 Å².